The molecular formula is C39H25N3S. The molecule has 43 heavy (non-hydrogen) atoms. The van der Waals surface area contributed by atoms with Crippen LogP contribution >= 0.6 is 11.3 Å². The van der Waals surface area contributed by atoms with Crippen LogP contribution in [-0.4, -0.2) is 15.0 Å². The molecule has 4 heteroatoms. The van der Waals surface area contributed by atoms with Crippen LogP contribution in [0.3, 0.4) is 0 Å². The molecule has 202 valence electrons. The van der Waals surface area contributed by atoms with Crippen LogP contribution in [0, 0.1) is 0 Å². The Bertz CT molecular complexity index is 2210. The molecule has 0 saturated heterocycles. The fourth-order valence-corrected chi connectivity index (χ4v) is 6.73. The van der Waals surface area contributed by atoms with Crippen LogP contribution in [0.4, 0.5) is 0 Å². The Hall–Kier alpha value is -5.45. The standard InChI is InChI=1S/C39H25N3S/c1-4-11-26(12-5-1)27-19-21-30(22-20-27)38-40-37(29-15-8-3-9-16-29)41-39(42-38)31-23-24-34-33(25-31)36-32(17-10-18-35(36)43-34)28-13-6-2-7-14-28/h1-25H. The van der Waals surface area contributed by atoms with Gasteiger partial charge in [0.25, 0.3) is 0 Å². The van der Waals surface area contributed by atoms with Gasteiger partial charge in [-0.3, -0.25) is 0 Å². The molecule has 0 atom stereocenters. The minimum atomic E-state index is 0.656. The Kier molecular flexibility index (Phi) is 6.32. The quantitative estimate of drug-likeness (QED) is 0.208. The van der Waals surface area contributed by atoms with Gasteiger partial charge in [0.15, 0.2) is 17.5 Å². The van der Waals surface area contributed by atoms with E-state index in [1.807, 2.05) is 47.7 Å². The highest BCUT2D eigenvalue weighted by molar-refractivity contribution is 7.26. The zero-order valence-corrected chi connectivity index (χ0v) is 24.0. The van der Waals surface area contributed by atoms with E-state index in [4.69, 9.17) is 15.0 Å². The zero-order valence-electron chi connectivity index (χ0n) is 23.2. The van der Waals surface area contributed by atoms with Gasteiger partial charge in [0.2, 0.25) is 0 Å². The minimum absolute atomic E-state index is 0.656. The summed E-state index contributed by atoms with van der Waals surface area (Å²) in [5, 5.41) is 2.48. The van der Waals surface area contributed by atoms with E-state index >= 15 is 0 Å². The predicted molar refractivity (Wildman–Crippen MR) is 180 cm³/mol. The van der Waals surface area contributed by atoms with Gasteiger partial charge in [0.05, 0.1) is 0 Å². The SMILES string of the molecule is c1ccc(-c2ccc(-c3nc(-c4ccccc4)nc(-c4ccc5sc6cccc(-c7ccccc7)c6c5c4)n3)cc2)cc1. The monoisotopic (exact) mass is 567 g/mol. The predicted octanol–water partition coefficient (Wildman–Crippen LogP) is 10.6. The van der Waals surface area contributed by atoms with Gasteiger partial charge in [-0.1, -0.05) is 127 Å². The number of thiophene rings is 1. The van der Waals surface area contributed by atoms with Crippen LogP contribution in [0.1, 0.15) is 0 Å². The van der Waals surface area contributed by atoms with E-state index in [1.54, 1.807) is 0 Å². The first kappa shape index (κ1) is 25.3. The van der Waals surface area contributed by atoms with Gasteiger partial charge in [-0.05, 0) is 46.5 Å². The lowest BCUT2D eigenvalue weighted by Crippen LogP contribution is -2.00. The molecule has 6 aromatic carbocycles. The first-order valence-electron chi connectivity index (χ1n) is 14.3. The zero-order chi connectivity index (χ0) is 28.6. The van der Waals surface area contributed by atoms with Gasteiger partial charge in [-0.2, -0.15) is 0 Å². The molecule has 0 bridgehead atoms. The molecular weight excluding hydrogens is 543 g/mol. The number of aromatic nitrogens is 3. The molecule has 2 aromatic heterocycles. The van der Waals surface area contributed by atoms with E-state index in [9.17, 15) is 0 Å². The molecule has 0 radical (unpaired) electrons. The number of hydrogen-bond donors (Lipinski definition) is 0. The van der Waals surface area contributed by atoms with Gasteiger partial charge in [-0.25, -0.2) is 15.0 Å². The Labute approximate surface area is 253 Å². The smallest absolute Gasteiger partial charge is 0.164 e. The van der Waals surface area contributed by atoms with Gasteiger partial charge in [0.1, 0.15) is 0 Å². The van der Waals surface area contributed by atoms with Gasteiger partial charge in [-0.15, -0.1) is 11.3 Å². The van der Waals surface area contributed by atoms with Crippen molar-refractivity contribution < 1.29 is 0 Å². The van der Waals surface area contributed by atoms with E-state index in [2.05, 4.69) is 115 Å². The van der Waals surface area contributed by atoms with Crippen LogP contribution in [0.2, 0.25) is 0 Å². The average molecular weight is 568 g/mol. The molecule has 8 aromatic rings. The maximum absolute atomic E-state index is 5.03. The Morgan fingerprint density at radius 3 is 1.49 bits per heavy atom. The van der Waals surface area contributed by atoms with Crippen LogP contribution in [-0.2, 0) is 0 Å². The number of fused-ring (bicyclic) bond motifs is 3. The molecule has 0 aliphatic carbocycles. The van der Waals surface area contributed by atoms with Crippen molar-refractivity contribution in [2.45, 2.75) is 0 Å². The summed E-state index contributed by atoms with van der Waals surface area (Å²) < 4.78 is 2.52. The molecule has 0 aliphatic rings. The highest BCUT2D eigenvalue weighted by atomic mass is 32.1. The summed E-state index contributed by atoms with van der Waals surface area (Å²) >= 11 is 1.82. The maximum Gasteiger partial charge on any atom is 0.164 e. The lowest BCUT2D eigenvalue weighted by atomic mass is 9.99. The van der Waals surface area contributed by atoms with E-state index in [-0.39, 0.29) is 0 Å². The lowest BCUT2D eigenvalue weighted by Gasteiger charge is -2.10. The van der Waals surface area contributed by atoms with Crippen molar-refractivity contribution in [2.75, 3.05) is 0 Å². The molecule has 0 saturated carbocycles. The number of hydrogen-bond acceptors (Lipinski definition) is 4. The van der Waals surface area contributed by atoms with Crippen LogP contribution in [0.5, 0.6) is 0 Å². The van der Waals surface area contributed by atoms with Crippen LogP contribution in [0.25, 0.3) is 76.6 Å². The first-order valence-corrected chi connectivity index (χ1v) is 15.1. The molecule has 0 aliphatic heterocycles. The van der Waals surface area contributed by atoms with E-state index < -0.39 is 0 Å². The summed E-state index contributed by atoms with van der Waals surface area (Å²) in [6.45, 7) is 0. The van der Waals surface area contributed by atoms with E-state index in [0.29, 0.717) is 17.5 Å². The molecule has 0 amide bonds. The van der Waals surface area contributed by atoms with Crippen molar-refractivity contribution in [3.8, 4) is 56.4 Å². The summed E-state index contributed by atoms with van der Waals surface area (Å²) in [6.07, 6.45) is 0. The Morgan fingerprint density at radius 2 is 0.837 bits per heavy atom. The van der Waals surface area contributed by atoms with Gasteiger partial charge >= 0.3 is 0 Å². The highest BCUT2D eigenvalue weighted by Gasteiger charge is 2.16. The third-order valence-corrected chi connectivity index (χ3v) is 8.89. The molecule has 2 heterocycles. The molecule has 0 fully saturated rings. The Balaban J connectivity index is 1.29. The molecule has 0 unspecified atom stereocenters. The van der Waals surface area contributed by atoms with Gasteiger partial charge < -0.3 is 0 Å². The van der Waals surface area contributed by atoms with Crippen molar-refractivity contribution in [1.82, 2.24) is 15.0 Å². The largest absolute Gasteiger partial charge is 0.208 e. The molecule has 8 rings (SSSR count). The first-order chi connectivity index (χ1) is 21.3. The topological polar surface area (TPSA) is 38.7 Å². The summed E-state index contributed by atoms with van der Waals surface area (Å²) in [5.74, 6) is 1.98. The number of nitrogens with zero attached hydrogens (tertiary/aromatic N) is 3. The Morgan fingerprint density at radius 1 is 0.349 bits per heavy atom. The third kappa shape index (κ3) is 4.78. The van der Waals surface area contributed by atoms with E-state index in [1.165, 1.54) is 36.9 Å². The minimum Gasteiger partial charge on any atom is -0.208 e. The van der Waals surface area contributed by atoms with Crippen LogP contribution in [0.15, 0.2) is 152 Å². The second kappa shape index (κ2) is 10.8. The lowest BCUT2D eigenvalue weighted by molar-refractivity contribution is 1.07. The normalized spacial score (nSPS) is 11.3. The summed E-state index contributed by atoms with van der Waals surface area (Å²) in [5.41, 5.74) is 7.67. The average Bonchev–Trinajstić information content (AvgIpc) is 3.48. The molecule has 0 N–H and O–H groups in total. The summed E-state index contributed by atoms with van der Waals surface area (Å²) in [6, 6.07) is 52.7. The van der Waals surface area contributed by atoms with E-state index in [0.717, 1.165) is 22.3 Å². The van der Waals surface area contributed by atoms with Crippen molar-refractivity contribution in [1.29, 1.82) is 0 Å². The van der Waals surface area contributed by atoms with Crippen molar-refractivity contribution >= 4 is 31.5 Å². The van der Waals surface area contributed by atoms with Crippen LogP contribution < -0.4 is 0 Å². The van der Waals surface area contributed by atoms with Gasteiger partial charge in [0, 0.05) is 36.9 Å². The summed E-state index contributed by atoms with van der Waals surface area (Å²) in [4.78, 5) is 15.0. The number of rotatable bonds is 5. The van der Waals surface area contributed by atoms with Crippen molar-refractivity contribution in [3.63, 3.8) is 0 Å². The number of benzene rings is 6. The highest BCUT2D eigenvalue weighted by Crippen LogP contribution is 2.41. The second-order valence-corrected chi connectivity index (χ2v) is 11.6. The maximum atomic E-state index is 5.03. The van der Waals surface area contributed by atoms with Crippen molar-refractivity contribution in [2.24, 2.45) is 0 Å². The third-order valence-electron chi connectivity index (χ3n) is 7.76. The van der Waals surface area contributed by atoms with Crippen molar-refractivity contribution in [3.05, 3.63) is 152 Å². The fraction of sp³-hybridized carbons (Fsp3) is 0. The molecule has 0 spiro atoms. The molecule has 3 nitrogen and oxygen atoms in total. The second-order valence-electron chi connectivity index (χ2n) is 10.5. The fourth-order valence-electron chi connectivity index (χ4n) is 5.62. The summed E-state index contributed by atoms with van der Waals surface area (Å²) in [7, 11) is 0.